The highest BCUT2D eigenvalue weighted by Gasteiger charge is 2.29. The van der Waals surface area contributed by atoms with Gasteiger partial charge in [0, 0.05) is 18.8 Å². The molecule has 1 fully saturated rings. The van der Waals surface area contributed by atoms with Crippen molar-refractivity contribution >= 4 is 27.3 Å². The molecule has 0 radical (unpaired) electrons. The van der Waals surface area contributed by atoms with E-state index in [1.165, 1.54) is 22.8 Å². The topological polar surface area (TPSA) is 69.7 Å². The fourth-order valence-corrected chi connectivity index (χ4v) is 6.29. The summed E-state index contributed by atoms with van der Waals surface area (Å²) in [6, 6.07) is 23.6. The molecule has 196 valence electrons. The van der Waals surface area contributed by atoms with Gasteiger partial charge in [-0.1, -0.05) is 62.4 Å². The van der Waals surface area contributed by atoms with E-state index in [4.69, 9.17) is 0 Å². The number of nitrogens with zero attached hydrogens (tertiary/aromatic N) is 2. The average molecular weight is 520 g/mol. The molecular formula is C30H37N3O3S. The molecule has 7 heteroatoms. The highest BCUT2D eigenvalue weighted by atomic mass is 32.2. The zero-order valence-corrected chi connectivity index (χ0v) is 22.7. The molecule has 6 nitrogen and oxygen atoms in total. The summed E-state index contributed by atoms with van der Waals surface area (Å²) in [6.45, 7) is 8.03. The van der Waals surface area contributed by atoms with Crippen LogP contribution in [-0.4, -0.2) is 34.0 Å². The number of nitrogens with one attached hydrogen (secondary N) is 1. The maximum Gasteiger partial charge on any atom is 0.264 e. The molecule has 0 aromatic heterocycles. The van der Waals surface area contributed by atoms with Crippen LogP contribution in [0, 0.1) is 5.92 Å². The van der Waals surface area contributed by atoms with Crippen LogP contribution in [-0.2, 0) is 21.2 Å². The van der Waals surface area contributed by atoms with Crippen molar-refractivity contribution < 1.29 is 13.2 Å². The van der Waals surface area contributed by atoms with E-state index < -0.39 is 10.0 Å². The first-order valence-electron chi connectivity index (χ1n) is 13.1. The molecule has 1 heterocycles. The van der Waals surface area contributed by atoms with Crippen molar-refractivity contribution in [1.29, 1.82) is 0 Å². The fourth-order valence-electron chi connectivity index (χ4n) is 4.81. The van der Waals surface area contributed by atoms with Crippen LogP contribution in [0.5, 0.6) is 0 Å². The molecule has 0 spiro atoms. The van der Waals surface area contributed by atoms with E-state index in [1.807, 2.05) is 38.1 Å². The molecule has 0 saturated carbocycles. The third kappa shape index (κ3) is 6.34. The highest BCUT2D eigenvalue weighted by Crippen LogP contribution is 2.28. The van der Waals surface area contributed by atoms with E-state index in [-0.39, 0.29) is 23.4 Å². The Bertz CT molecular complexity index is 1290. The van der Waals surface area contributed by atoms with Gasteiger partial charge in [-0.05, 0) is 73.6 Å². The number of piperidine rings is 1. The number of rotatable bonds is 9. The molecule has 1 unspecified atom stereocenters. The van der Waals surface area contributed by atoms with Gasteiger partial charge in [-0.15, -0.1) is 0 Å². The Balaban J connectivity index is 1.51. The maximum absolute atomic E-state index is 13.6. The number of hydrogen-bond donors (Lipinski definition) is 1. The van der Waals surface area contributed by atoms with Gasteiger partial charge < -0.3 is 10.2 Å². The first kappa shape index (κ1) is 26.7. The second kappa shape index (κ2) is 11.8. The van der Waals surface area contributed by atoms with Crippen molar-refractivity contribution in [3.05, 3.63) is 90.0 Å². The third-order valence-electron chi connectivity index (χ3n) is 7.18. The summed E-state index contributed by atoms with van der Waals surface area (Å²) >= 11 is 0. The Morgan fingerprint density at radius 1 is 0.973 bits per heavy atom. The standard InChI is InChI=1S/C30H37N3O3S/c1-4-25-10-8-9-13-29(25)33(37(35,36)28-11-6-5-7-12-28)22-30(34)31-24(3)26-14-16-27(17-15-26)32-20-18-23(2)19-21-32/h5-17,23-24H,4,18-22H2,1-3H3,(H,31,34). The van der Waals surface area contributed by atoms with E-state index in [0.717, 1.165) is 30.1 Å². The van der Waals surface area contributed by atoms with E-state index in [1.54, 1.807) is 42.5 Å². The van der Waals surface area contributed by atoms with Crippen molar-refractivity contribution in [2.75, 3.05) is 28.8 Å². The van der Waals surface area contributed by atoms with Crippen molar-refractivity contribution in [3.8, 4) is 0 Å². The number of para-hydroxylation sites is 1. The summed E-state index contributed by atoms with van der Waals surface area (Å²) in [7, 11) is -3.94. The smallest absolute Gasteiger partial charge is 0.264 e. The molecule has 1 saturated heterocycles. The molecule has 1 aliphatic rings. The number of carbonyl (C=O) groups is 1. The van der Waals surface area contributed by atoms with E-state index in [2.05, 4.69) is 29.3 Å². The molecule has 37 heavy (non-hydrogen) atoms. The number of sulfonamides is 1. The number of amides is 1. The van der Waals surface area contributed by atoms with E-state index in [9.17, 15) is 13.2 Å². The minimum Gasteiger partial charge on any atom is -0.372 e. The second-order valence-corrected chi connectivity index (χ2v) is 11.7. The zero-order valence-electron chi connectivity index (χ0n) is 21.9. The van der Waals surface area contributed by atoms with Gasteiger partial charge >= 0.3 is 0 Å². The highest BCUT2D eigenvalue weighted by molar-refractivity contribution is 7.92. The lowest BCUT2D eigenvalue weighted by molar-refractivity contribution is -0.120. The summed E-state index contributed by atoms with van der Waals surface area (Å²) in [5.41, 5.74) is 3.57. The predicted octanol–water partition coefficient (Wildman–Crippen LogP) is 5.56. The number of aryl methyl sites for hydroxylation is 1. The van der Waals surface area contributed by atoms with E-state index >= 15 is 0 Å². The van der Waals surface area contributed by atoms with Gasteiger partial charge in [0.1, 0.15) is 6.54 Å². The lowest BCUT2D eigenvalue weighted by atomic mass is 9.98. The van der Waals surface area contributed by atoms with Gasteiger partial charge in [0.25, 0.3) is 10.0 Å². The molecule has 0 bridgehead atoms. The number of benzene rings is 3. The minimum atomic E-state index is -3.94. The monoisotopic (exact) mass is 519 g/mol. The SMILES string of the molecule is CCc1ccccc1N(CC(=O)NC(C)c1ccc(N2CCC(C)CC2)cc1)S(=O)(=O)c1ccccc1. The normalized spacial score (nSPS) is 15.3. The Morgan fingerprint density at radius 3 is 2.24 bits per heavy atom. The van der Waals surface area contributed by atoms with Gasteiger partial charge in [0.05, 0.1) is 16.6 Å². The number of hydrogen-bond acceptors (Lipinski definition) is 4. The third-order valence-corrected chi connectivity index (χ3v) is 8.95. The fraction of sp³-hybridized carbons (Fsp3) is 0.367. The lowest BCUT2D eigenvalue weighted by Crippen LogP contribution is -2.42. The largest absolute Gasteiger partial charge is 0.372 e. The van der Waals surface area contributed by atoms with Gasteiger partial charge in [-0.25, -0.2) is 8.42 Å². The first-order valence-corrected chi connectivity index (χ1v) is 14.5. The van der Waals surface area contributed by atoms with Crippen LogP contribution in [0.4, 0.5) is 11.4 Å². The minimum absolute atomic E-state index is 0.157. The van der Waals surface area contributed by atoms with E-state index in [0.29, 0.717) is 12.1 Å². The Kier molecular flexibility index (Phi) is 8.54. The van der Waals surface area contributed by atoms with Gasteiger partial charge in [-0.3, -0.25) is 9.10 Å². The molecule has 1 atom stereocenters. The van der Waals surface area contributed by atoms with Crippen molar-refractivity contribution in [2.45, 2.75) is 51.0 Å². The van der Waals surface area contributed by atoms with Gasteiger partial charge in [0.2, 0.25) is 5.91 Å². The number of anilines is 2. The summed E-state index contributed by atoms with van der Waals surface area (Å²) in [6.07, 6.45) is 3.06. The van der Waals surface area contributed by atoms with Crippen molar-refractivity contribution in [2.24, 2.45) is 5.92 Å². The number of carbonyl (C=O) groups excluding carboxylic acids is 1. The van der Waals surface area contributed by atoms with Crippen LogP contribution in [0.1, 0.15) is 50.8 Å². The molecule has 3 aromatic rings. The molecule has 3 aromatic carbocycles. The van der Waals surface area contributed by atoms with Crippen molar-refractivity contribution in [1.82, 2.24) is 5.32 Å². The van der Waals surface area contributed by atoms with Crippen LogP contribution < -0.4 is 14.5 Å². The summed E-state index contributed by atoms with van der Waals surface area (Å²) in [5, 5.41) is 3.00. The maximum atomic E-state index is 13.6. The van der Waals surface area contributed by atoms with Gasteiger partial charge in [-0.2, -0.15) is 0 Å². The summed E-state index contributed by atoms with van der Waals surface area (Å²) < 4.78 is 28.5. The van der Waals surface area contributed by atoms with Crippen LogP contribution in [0.25, 0.3) is 0 Å². The van der Waals surface area contributed by atoms with Gasteiger partial charge in [0.15, 0.2) is 0 Å². The molecule has 1 aliphatic heterocycles. The predicted molar refractivity (Wildman–Crippen MR) is 150 cm³/mol. The summed E-state index contributed by atoms with van der Waals surface area (Å²) in [5.74, 6) is 0.423. The quantitative estimate of drug-likeness (QED) is 0.402. The molecule has 4 rings (SSSR count). The zero-order chi connectivity index (χ0) is 26.4. The molecular weight excluding hydrogens is 482 g/mol. The van der Waals surface area contributed by atoms with Crippen LogP contribution in [0.2, 0.25) is 0 Å². The first-order chi connectivity index (χ1) is 17.8. The van der Waals surface area contributed by atoms with Crippen molar-refractivity contribution in [3.63, 3.8) is 0 Å². The van der Waals surface area contributed by atoms with Crippen LogP contribution >= 0.6 is 0 Å². The lowest BCUT2D eigenvalue weighted by Gasteiger charge is -2.32. The molecule has 1 N–H and O–H groups in total. The molecule has 0 aliphatic carbocycles. The summed E-state index contributed by atoms with van der Waals surface area (Å²) in [4.78, 5) is 15.8. The Labute approximate surface area is 221 Å². The second-order valence-electron chi connectivity index (χ2n) is 9.86. The van der Waals surface area contributed by atoms with Crippen LogP contribution in [0.15, 0.2) is 83.8 Å². The average Bonchev–Trinajstić information content (AvgIpc) is 2.92. The Hall–Kier alpha value is -3.32. The van der Waals surface area contributed by atoms with Crippen LogP contribution in [0.3, 0.4) is 0 Å². The Morgan fingerprint density at radius 2 is 1.59 bits per heavy atom. The molecule has 1 amide bonds.